The summed E-state index contributed by atoms with van der Waals surface area (Å²) in [6.07, 6.45) is -0.779. The van der Waals surface area contributed by atoms with Gasteiger partial charge in [0.05, 0.1) is 7.11 Å². The fourth-order valence-electron chi connectivity index (χ4n) is 1.26. The van der Waals surface area contributed by atoms with Crippen LogP contribution in [-0.4, -0.2) is 54.3 Å². The van der Waals surface area contributed by atoms with Gasteiger partial charge in [-0.2, -0.15) is 0 Å². The number of methoxy groups -OCH3 is 1. The third-order valence-corrected chi connectivity index (χ3v) is 1.94. The molecule has 0 N–H and O–H groups in total. The Kier molecular flexibility index (Phi) is 6.66. The van der Waals surface area contributed by atoms with E-state index in [2.05, 4.69) is 4.74 Å². The van der Waals surface area contributed by atoms with Crippen LogP contribution in [0.15, 0.2) is 0 Å². The van der Waals surface area contributed by atoms with E-state index in [1.54, 1.807) is 41.5 Å². The second-order valence-electron chi connectivity index (χ2n) is 6.50. The van der Waals surface area contributed by atoms with Crippen LogP contribution in [0, 0.1) is 0 Å². The molecule has 0 saturated heterocycles. The third kappa shape index (κ3) is 9.70. The van der Waals surface area contributed by atoms with E-state index in [0.717, 1.165) is 4.90 Å². The molecule has 0 aromatic carbocycles. The van der Waals surface area contributed by atoms with E-state index in [9.17, 15) is 14.4 Å². The fraction of sp³-hybridized carbons (Fsp3) is 0.786. The summed E-state index contributed by atoms with van der Waals surface area (Å²) in [6.45, 7) is 9.43. The zero-order valence-electron chi connectivity index (χ0n) is 13.8. The molecule has 0 saturated carbocycles. The largest absolute Gasteiger partial charge is 0.468 e. The number of ether oxygens (including phenoxy) is 3. The van der Waals surface area contributed by atoms with Gasteiger partial charge in [0.15, 0.2) is 0 Å². The van der Waals surface area contributed by atoms with Gasteiger partial charge in [-0.25, -0.2) is 4.79 Å². The van der Waals surface area contributed by atoms with Gasteiger partial charge >= 0.3 is 18.0 Å². The van der Waals surface area contributed by atoms with Gasteiger partial charge in [0.1, 0.15) is 24.3 Å². The van der Waals surface area contributed by atoms with Gasteiger partial charge < -0.3 is 14.2 Å². The number of esters is 2. The monoisotopic (exact) mass is 303 g/mol. The van der Waals surface area contributed by atoms with Crippen LogP contribution in [0.2, 0.25) is 0 Å². The van der Waals surface area contributed by atoms with Crippen molar-refractivity contribution in [3.8, 4) is 0 Å². The molecule has 0 aromatic rings. The van der Waals surface area contributed by atoms with Gasteiger partial charge in [-0.1, -0.05) is 0 Å². The van der Waals surface area contributed by atoms with Crippen molar-refractivity contribution in [3.63, 3.8) is 0 Å². The van der Waals surface area contributed by atoms with Crippen LogP contribution in [0.25, 0.3) is 0 Å². The average molecular weight is 303 g/mol. The molecule has 0 unspecified atom stereocenters. The van der Waals surface area contributed by atoms with Crippen molar-refractivity contribution in [2.45, 2.75) is 52.7 Å². The summed E-state index contributed by atoms with van der Waals surface area (Å²) in [6, 6.07) is 0. The molecule has 21 heavy (non-hydrogen) atoms. The standard InChI is InChI=1S/C14H25NO6/c1-13(2,3)20-11(17)9-15(8-10(16)19-7)12(18)21-14(4,5)6/h8-9H2,1-7H3. The lowest BCUT2D eigenvalue weighted by molar-refractivity contribution is -0.156. The molecule has 0 rings (SSSR count). The second-order valence-corrected chi connectivity index (χ2v) is 6.50. The van der Waals surface area contributed by atoms with Gasteiger partial charge in [-0.05, 0) is 41.5 Å². The van der Waals surface area contributed by atoms with E-state index in [4.69, 9.17) is 9.47 Å². The number of hydrogen-bond acceptors (Lipinski definition) is 6. The summed E-state index contributed by atoms with van der Waals surface area (Å²) in [5.41, 5.74) is -1.42. The van der Waals surface area contributed by atoms with Gasteiger partial charge in [0.2, 0.25) is 0 Å². The Morgan fingerprint density at radius 3 is 1.62 bits per heavy atom. The second kappa shape index (κ2) is 7.28. The van der Waals surface area contributed by atoms with Crippen LogP contribution in [0.1, 0.15) is 41.5 Å². The highest BCUT2D eigenvalue weighted by Crippen LogP contribution is 2.12. The SMILES string of the molecule is COC(=O)CN(CC(=O)OC(C)(C)C)C(=O)OC(C)(C)C. The van der Waals surface area contributed by atoms with Crippen molar-refractivity contribution in [2.24, 2.45) is 0 Å². The first kappa shape index (κ1) is 19.2. The molecule has 122 valence electrons. The van der Waals surface area contributed by atoms with Gasteiger partial charge in [-0.15, -0.1) is 0 Å². The molecule has 0 fully saturated rings. The first-order valence-electron chi connectivity index (χ1n) is 6.60. The summed E-state index contributed by atoms with van der Waals surface area (Å²) < 4.78 is 14.8. The summed E-state index contributed by atoms with van der Waals surface area (Å²) in [5, 5.41) is 0. The Morgan fingerprint density at radius 2 is 1.24 bits per heavy atom. The molecule has 0 aliphatic carbocycles. The van der Waals surface area contributed by atoms with E-state index < -0.39 is 29.2 Å². The highest BCUT2D eigenvalue weighted by atomic mass is 16.6. The minimum atomic E-state index is -0.779. The number of amides is 1. The van der Waals surface area contributed by atoms with Crippen molar-refractivity contribution in [2.75, 3.05) is 20.2 Å². The molecule has 1 amide bonds. The van der Waals surface area contributed by atoms with Crippen molar-refractivity contribution >= 4 is 18.0 Å². The highest BCUT2D eigenvalue weighted by molar-refractivity contribution is 5.82. The van der Waals surface area contributed by atoms with Crippen LogP contribution in [0.4, 0.5) is 4.79 Å². The maximum atomic E-state index is 12.0. The number of hydrogen-bond donors (Lipinski definition) is 0. The Balaban J connectivity index is 4.86. The Hall–Kier alpha value is -1.79. The molecule has 0 heterocycles. The molecule has 0 aliphatic heterocycles. The smallest absolute Gasteiger partial charge is 0.411 e. The van der Waals surface area contributed by atoms with Crippen LogP contribution < -0.4 is 0 Å². The zero-order chi connectivity index (χ0) is 16.8. The third-order valence-electron chi connectivity index (χ3n) is 1.94. The first-order chi connectivity index (χ1) is 9.34. The number of nitrogens with zero attached hydrogens (tertiary/aromatic N) is 1. The highest BCUT2D eigenvalue weighted by Gasteiger charge is 2.28. The molecular weight excluding hydrogens is 278 g/mol. The lowest BCUT2D eigenvalue weighted by Crippen LogP contribution is -2.44. The summed E-state index contributed by atoms with van der Waals surface area (Å²) in [5.74, 6) is -1.28. The van der Waals surface area contributed by atoms with Crippen LogP contribution in [0.3, 0.4) is 0 Å². The first-order valence-corrected chi connectivity index (χ1v) is 6.60. The lowest BCUT2D eigenvalue weighted by Gasteiger charge is -2.27. The predicted molar refractivity (Wildman–Crippen MR) is 75.7 cm³/mol. The summed E-state index contributed by atoms with van der Waals surface area (Å²) >= 11 is 0. The maximum absolute atomic E-state index is 12.0. The normalized spacial score (nSPS) is 11.6. The van der Waals surface area contributed by atoms with E-state index in [1.165, 1.54) is 7.11 Å². The fourth-order valence-corrected chi connectivity index (χ4v) is 1.26. The average Bonchev–Trinajstić information content (AvgIpc) is 2.22. The van der Waals surface area contributed by atoms with Gasteiger partial charge in [0, 0.05) is 0 Å². The van der Waals surface area contributed by atoms with E-state index in [-0.39, 0.29) is 13.1 Å². The lowest BCUT2D eigenvalue weighted by atomic mass is 10.2. The Labute approximate surface area is 125 Å². The molecule has 0 aliphatic rings. The van der Waals surface area contributed by atoms with Crippen molar-refractivity contribution in [3.05, 3.63) is 0 Å². The molecule has 7 nitrogen and oxygen atoms in total. The van der Waals surface area contributed by atoms with Crippen LogP contribution in [-0.2, 0) is 23.8 Å². The minimum Gasteiger partial charge on any atom is -0.468 e. The van der Waals surface area contributed by atoms with Gasteiger partial charge in [0.25, 0.3) is 0 Å². The number of rotatable bonds is 4. The molecule has 0 aromatic heterocycles. The quantitative estimate of drug-likeness (QED) is 0.581. The van der Waals surface area contributed by atoms with E-state index in [0.29, 0.717) is 0 Å². The van der Waals surface area contributed by atoms with E-state index >= 15 is 0 Å². The molecule has 7 heteroatoms. The van der Waals surface area contributed by atoms with Crippen LogP contribution >= 0.6 is 0 Å². The van der Waals surface area contributed by atoms with Crippen molar-refractivity contribution in [1.82, 2.24) is 4.90 Å². The molecular formula is C14H25NO6. The summed E-state index contributed by atoms with van der Waals surface area (Å²) in [7, 11) is 1.20. The maximum Gasteiger partial charge on any atom is 0.411 e. The van der Waals surface area contributed by atoms with Crippen molar-refractivity contribution < 1.29 is 28.6 Å². The van der Waals surface area contributed by atoms with Gasteiger partial charge in [-0.3, -0.25) is 14.5 Å². The Bertz CT molecular complexity index is 391. The minimum absolute atomic E-state index is 0.384. The zero-order valence-corrected chi connectivity index (χ0v) is 13.8. The van der Waals surface area contributed by atoms with E-state index in [1.807, 2.05) is 0 Å². The number of carbonyl (C=O) groups is 3. The molecule has 0 atom stereocenters. The number of carbonyl (C=O) groups excluding carboxylic acids is 3. The molecule has 0 spiro atoms. The predicted octanol–water partition coefficient (Wildman–Crippen LogP) is 1.74. The van der Waals surface area contributed by atoms with Crippen LogP contribution in [0.5, 0.6) is 0 Å². The topological polar surface area (TPSA) is 82.1 Å². The molecule has 0 radical (unpaired) electrons. The van der Waals surface area contributed by atoms with Crippen molar-refractivity contribution in [1.29, 1.82) is 0 Å². The molecule has 0 bridgehead atoms. The Morgan fingerprint density at radius 1 is 0.810 bits per heavy atom. The summed E-state index contributed by atoms with van der Waals surface area (Å²) in [4.78, 5) is 36.1.